The van der Waals surface area contributed by atoms with E-state index in [1.54, 1.807) is 11.3 Å². The van der Waals surface area contributed by atoms with Gasteiger partial charge in [0.1, 0.15) is 5.52 Å². The monoisotopic (exact) mass is 550 g/mol. The molecule has 1 saturated heterocycles. The summed E-state index contributed by atoms with van der Waals surface area (Å²) in [6.07, 6.45) is 1.75. The molecule has 0 aliphatic carbocycles. The van der Waals surface area contributed by atoms with E-state index >= 15 is 0 Å². The molecule has 1 aliphatic heterocycles. The molecule has 0 saturated carbocycles. The van der Waals surface area contributed by atoms with Crippen LogP contribution < -0.4 is 5.32 Å². The van der Waals surface area contributed by atoms with Crippen molar-refractivity contribution in [3.63, 3.8) is 0 Å². The van der Waals surface area contributed by atoms with Crippen LogP contribution in [0, 0.1) is 12.8 Å². The maximum Gasteiger partial charge on any atom is 0.243 e. The topological polar surface area (TPSA) is 126 Å². The normalized spacial score (nSPS) is 16.2. The van der Waals surface area contributed by atoms with E-state index in [0.717, 1.165) is 31.7 Å². The highest BCUT2D eigenvalue weighted by Gasteiger charge is 2.33. The molecule has 0 spiro atoms. The number of fused-ring (bicyclic) bond motifs is 3. The van der Waals surface area contributed by atoms with Crippen LogP contribution in [0.3, 0.4) is 0 Å². The van der Waals surface area contributed by atoms with E-state index in [9.17, 15) is 21.6 Å². The first kappa shape index (κ1) is 24.3. The van der Waals surface area contributed by atoms with Crippen LogP contribution in [-0.4, -0.2) is 56.4 Å². The summed E-state index contributed by atoms with van der Waals surface area (Å²) in [5.74, 6) is -0.539. The quantitative estimate of drug-likeness (QED) is 0.402. The number of carbonyl (C=O) groups is 1. The molecule has 2 aromatic carbocycles. The van der Waals surface area contributed by atoms with Gasteiger partial charge in [0.25, 0.3) is 0 Å². The highest BCUT2D eigenvalue weighted by molar-refractivity contribution is 7.91. The van der Waals surface area contributed by atoms with Gasteiger partial charge < -0.3 is 5.32 Å². The standard InChI is InChI=1S/C22H22N4O5S4/c1-13-23-19-18(32-13)7-6-17-20(19)33-22(24-17)25-21(27)14-8-10-26(11-9-14)35(30,31)16-5-3-4-15(12-16)34(2,28)29/h3-7,12,14H,8-11H2,1-2H3,(H,24,25,27). The lowest BCUT2D eigenvalue weighted by Gasteiger charge is -2.30. The average molecular weight is 551 g/mol. The van der Waals surface area contributed by atoms with Gasteiger partial charge in [-0.05, 0) is 50.1 Å². The number of aromatic nitrogens is 2. The molecule has 1 amide bonds. The minimum Gasteiger partial charge on any atom is -0.302 e. The number of sulfone groups is 1. The maximum absolute atomic E-state index is 13.1. The van der Waals surface area contributed by atoms with Gasteiger partial charge in [-0.3, -0.25) is 4.79 Å². The first-order chi connectivity index (χ1) is 16.5. The first-order valence-corrected chi connectivity index (χ1v) is 15.8. The number of aryl methyl sites for hydroxylation is 1. The molecule has 0 radical (unpaired) electrons. The third-order valence-corrected chi connectivity index (χ3v) is 10.9. The molecule has 1 fully saturated rings. The Bertz CT molecular complexity index is 1670. The van der Waals surface area contributed by atoms with Gasteiger partial charge in [-0.15, -0.1) is 11.3 Å². The Balaban J connectivity index is 1.27. The Hall–Kier alpha value is -2.45. The van der Waals surface area contributed by atoms with E-state index in [2.05, 4.69) is 15.3 Å². The highest BCUT2D eigenvalue weighted by atomic mass is 32.2. The highest BCUT2D eigenvalue weighted by Crippen LogP contribution is 2.35. The third kappa shape index (κ3) is 4.70. The number of nitrogens with one attached hydrogen (secondary N) is 1. The summed E-state index contributed by atoms with van der Waals surface area (Å²) in [6.45, 7) is 2.29. The second-order valence-corrected chi connectivity index (χ2v) is 14.6. The van der Waals surface area contributed by atoms with Gasteiger partial charge in [0, 0.05) is 25.3 Å². The fraction of sp³-hybridized carbons (Fsp3) is 0.318. The van der Waals surface area contributed by atoms with Crippen molar-refractivity contribution in [2.45, 2.75) is 29.6 Å². The van der Waals surface area contributed by atoms with Crippen LogP contribution >= 0.6 is 22.7 Å². The van der Waals surface area contributed by atoms with Crippen molar-refractivity contribution in [3.8, 4) is 0 Å². The molecule has 0 bridgehead atoms. The molecule has 1 N–H and O–H groups in total. The lowest BCUT2D eigenvalue weighted by atomic mass is 9.97. The predicted molar refractivity (Wildman–Crippen MR) is 137 cm³/mol. The molecule has 3 heterocycles. The van der Waals surface area contributed by atoms with E-state index in [0.29, 0.717) is 18.0 Å². The number of amides is 1. The number of anilines is 1. The second-order valence-electron chi connectivity index (χ2n) is 8.43. The van der Waals surface area contributed by atoms with Crippen LogP contribution in [0.4, 0.5) is 5.13 Å². The van der Waals surface area contributed by atoms with Crippen LogP contribution in [0.5, 0.6) is 0 Å². The van der Waals surface area contributed by atoms with Crippen molar-refractivity contribution < 1.29 is 21.6 Å². The van der Waals surface area contributed by atoms with Crippen molar-refractivity contribution in [2.24, 2.45) is 5.92 Å². The number of nitrogens with zero attached hydrogens (tertiary/aromatic N) is 3. The molecule has 9 nitrogen and oxygen atoms in total. The van der Waals surface area contributed by atoms with Gasteiger partial charge in [-0.25, -0.2) is 26.8 Å². The van der Waals surface area contributed by atoms with Gasteiger partial charge in [-0.2, -0.15) is 4.31 Å². The molecule has 0 atom stereocenters. The predicted octanol–water partition coefficient (Wildman–Crippen LogP) is 3.66. The average Bonchev–Trinajstić information content (AvgIpc) is 3.40. The Kier molecular flexibility index (Phi) is 6.16. The van der Waals surface area contributed by atoms with E-state index in [1.165, 1.54) is 39.9 Å². The Morgan fingerprint density at radius 1 is 1.03 bits per heavy atom. The molecule has 0 unspecified atom stereocenters. The van der Waals surface area contributed by atoms with E-state index < -0.39 is 19.9 Å². The van der Waals surface area contributed by atoms with Crippen LogP contribution in [0.15, 0.2) is 46.2 Å². The van der Waals surface area contributed by atoms with Crippen molar-refractivity contribution in [1.82, 2.24) is 14.3 Å². The summed E-state index contributed by atoms with van der Waals surface area (Å²) in [4.78, 5) is 21.9. The molecule has 35 heavy (non-hydrogen) atoms. The number of piperidine rings is 1. The first-order valence-electron chi connectivity index (χ1n) is 10.8. The van der Waals surface area contributed by atoms with Crippen LogP contribution in [-0.2, 0) is 24.7 Å². The number of hydrogen-bond acceptors (Lipinski definition) is 9. The molecule has 5 rings (SSSR count). The van der Waals surface area contributed by atoms with E-state index in [-0.39, 0.29) is 34.7 Å². The molecular weight excluding hydrogens is 529 g/mol. The maximum atomic E-state index is 13.1. The van der Waals surface area contributed by atoms with Gasteiger partial charge in [0.2, 0.25) is 15.9 Å². The number of carbonyl (C=O) groups excluding carboxylic acids is 1. The minimum absolute atomic E-state index is 0.0474. The zero-order valence-electron chi connectivity index (χ0n) is 18.9. The van der Waals surface area contributed by atoms with Crippen molar-refractivity contribution in [1.29, 1.82) is 0 Å². The Morgan fingerprint density at radius 2 is 1.74 bits per heavy atom. The number of rotatable bonds is 5. The zero-order valence-corrected chi connectivity index (χ0v) is 22.2. The Labute approximate surface area is 210 Å². The van der Waals surface area contributed by atoms with Crippen LogP contribution in [0.25, 0.3) is 20.4 Å². The van der Waals surface area contributed by atoms with Gasteiger partial charge in [0.15, 0.2) is 15.0 Å². The third-order valence-electron chi connectivity index (χ3n) is 5.95. The summed E-state index contributed by atoms with van der Waals surface area (Å²) < 4.78 is 53.1. The number of benzene rings is 2. The lowest BCUT2D eigenvalue weighted by molar-refractivity contribution is -0.120. The molecule has 184 valence electrons. The lowest BCUT2D eigenvalue weighted by Crippen LogP contribution is -2.41. The zero-order chi connectivity index (χ0) is 25.0. The fourth-order valence-electron chi connectivity index (χ4n) is 4.12. The summed E-state index contributed by atoms with van der Waals surface area (Å²) in [7, 11) is -7.40. The van der Waals surface area contributed by atoms with Crippen LogP contribution in [0.2, 0.25) is 0 Å². The molecular formula is C22H22N4O5S4. The number of thiazole rings is 2. The smallest absolute Gasteiger partial charge is 0.243 e. The van der Waals surface area contributed by atoms with Gasteiger partial charge >= 0.3 is 0 Å². The van der Waals surface area contributed by atoms with Gasteiger partial charge in [-0.1, -0.05) is 17.4 Å². The molecule has 2 aromatic heterocycles. The number of hydrogen-bond donors (Lipinski definition) is 1. The largest absolute Gasteiger partial charge is 0.302 e. The second kappa shape index (κ2) is 8.89. The SMILES string of the molecule is Cc1nc2c(ccc3nc(NC(=O)C4CCN(S(=O)(=O)c5cccc(S(C)(=O)=O)c5)CC4)sc32)s1. The Morgan fingerprint density at radius 3 is 2.46 bits per heavy atom. The molecule has 4 aromatic rings. The van der Waals surface area contributed by atoms with E-state index in [4.69, 9.17) is 0 Å². The van der Waals surface area contributed by atoms with Crippen LogP contribution in [0.1, 0.15) is 17.8 Å². The van der Waals surface area contributed by atoms with E-state index in [1.807, 2.05) is 19.1 Å². The van der Waals surface area contributed by atoms with Gasteiger partial charge in [0.05, 0.1) is 29.7 Å². The fourth-order valence-corrected chi connectivity index (χ4v) is 8.24. The van der Waals surface area contributed by atoms with Crippen molar-refractivity contribution in [2.75, 3.05) is 24.7 Å². The molecule has 13 heteroatoms. The summed E-state index contributed by atoms with van der Waals surface area (Å²) in [5.41, 5.74) is 1.67. The van der Waals surface area contributed by atoms with Crippen molar-refractivity contribution >= 4 is 74.0 Å². The minimum atomic E-state index is -3.87. The number of sulfonamides is 1. The summed E-state index contributed by atoms with van der Waals surface area (Å²) in [6, 6.07) is 9.25. The molecule has 1 aliphatic rings. The summed E-state index contributed by atoms with van der Waals surface area (Å²) in [5, 5.41) is 4.36. The summed E-state index contributed by atoms with van der Waals surface area (Å²) >= 11 is 3.00. The van der Waals surface area contributed by atoms with Crippen molar-refractivity contribution in [3.05, 3.63) is 41.4 Å².